The van der Waals surface area contributed by atoms with Crippen LogP contribution in [0.4, 0.5) is 0 Å². The minimum absolute atomic E-state index is 0. The molecule has 106 valence electrons. The van der Waals surface area contributed by atoms with E-state index >= 15 is 0 Å². The van der Waals surface area contributed by atoms with Crippen LogP contribution in [-0.4, -0.2) is 26.1 Å². The molecular formula is C14H21ClN2O2. The van der Waals surface area contributed by atoms with Gasteiger partial charge in [0.25, 0.3) is 0 Å². The van der Waals surface area contributed by atoms with Gasteiger partial charge in [0.2, 0.25) is 5.91 Å². The van der Waals surface area contributed by atoms with Gasteiger partial charge in [-0.2, -0.15) is 0 Å². The van der Waals surface area contributed by atoms with Crippen LogP contribution >= 0.6 is 12.4 Å². The van der Waals surface area contributed by atoms with E-state index in [9.17, 15) is 4.79 Å². The van der Waals surface area contributed by atoms with Gasteiger partial charge in [0.05, 0.1) is 6.04 Å². The van der Waals surface area contributed by atoms with Crippen LogP contribution in [-0.2, 0) is 4.79 Å². The Kier molecular flexibility index (Phi) is 5.63. The van der Waals surface area contributed by atoms with Crippen molar-refractivity contribution in [1.29, 1.82) is 0 Å². The number of fused-ring (bicyclic) bond motifs is 1. The average molecular weight is 285 g/mol. The van der Waals surface area contributed by atoms with Crippen molar-refractivity contribution in [3.05, 3.63) is 28.8 Å². The third-order valence-corrected chi connectivity index (χ3v) is 3.41. The van der Waals surface area contributed by atoms with Crippen LogP contribution in [0.15, 0.2) is 12.1 Å². The van der Waals surface area contributed by atoms with Crippen molar-refractivity contribution in [2.24, 2.45) is 0 Å². The van der Waals surface area contributed by atoms with Crippen molar-refractivity contribution in [2.45, 2.75) is 26.3 Å². The lowest BCUT2D eigenvalue weighted by Crippen LogP contribution is -2.31. The molecule has 4 nitrogen and oxygen atoms in total. The summed E-state index contributed by atoms with van der Waals surface area (Å²) in [6, 6.07) is 4.12. The molecular weight excluding hydrogens is 264 g/mol. The van der Waals surface area contributed by atoms with Crippen LogP contribution in [0.25, 0.3) is 0 Å². The molecule has 0 bridgehead atoms. The van der Waals surface area contributed by atoms with E-state index in [1.54, 1.807) is 0 Å². The van der Waals surface area contributed by atoms with E-state index in [-0.39, 0.29) is 24.4 Å². The molecule has 1 unspecified atom stereocenters. The van der Waals surface area contributed by atoms with E-state index < -0.39 is 0 Å². The Bertz CT molecular complexity index is 463. The van der Waals surface area contributed by atoms with Crippen molar-refractivity contribution >= 4 is 18.3 Å². The van der Waals surface area contributed by atoms with E-state index in [1.165, 1.54) is 11.1 Å². The smallest absolute Gasteiger partial charge is 0.221 e. The summed E-state index contributed by atoms with van der Waals surface area (Å²) < 4.78 is 5.70. The first-order chi connectivity index (χ1) is 8.63. The number of halogens is 1. The van der Waals surface area contributed by atoms with Crippen molar-refractivity contribution in [1.82, 2.24) is 10.6 Å². The molecule has 0 spiro atoms. The van der Waals surface area contributed by atoms with E-state index in [0.29, 0.717) is 19.6 Å². The van der Waals surface area contributed by atoms with Crippen LogP contribution in [0.1, 0.15) is 29.2 Å². The summed E-state index contributed by atoms with van der Waals surface area (Å²) in [5.74, 6) is 0.998. The lowest BCUT2D eigenvalue weighted by molar-refractivity contribution is -0.121. The number of carbonyl (C=O) groups excluding carboxylic acids is 1. The van der Waals surface area contributed by atoms with Gasteiger partial charge in [-0.15, -0.1) is 12.4 Å². The molecule has 19 heavy (non-hydrogen) atoms. The molecule has 2 rings (SSSR count). The Labute approximate surface area is 120 Å². The number of carbonyl (C=O) groups is 1. The Morgan fingerprint density at radius 3 is 2.84 bits per heavy atom. The van der Waals surface area contributed by atoms with E-state index in [1.807, 2.05) is 13.1 Å². The molecule has 5 heteroatoms. The second-order valence-corrected chi connectivity index (χ2v) is 4.71. The Morgan fingerprint density at radius 1 is 1.42 bits per heavy atom. The third kappa shape index (κ3) is 3.39. The van der Waals surface area contributed by atoms with Crippen molar-refractivity contribution in [3.8, 4) is 5.75 Å². The summed E-state index contributed by atoms with van der Waals surface area (Å²) in [7, 11) is 1.84. The summed E-state index contributed by atoms with van der Waals surface area (Å²) in [5, 5.41) is 5.98. The van der Waals surface area contributed by atoms with E-state index in [4.69, 9.17) is 4.74 Å². The molecule has 0 aromatic heterocycles. The maximum absolute atomic E-state index is 11.7. The number of ether oxygens (including phenoxy) is 1. The number of aryl methyl sites for hydroxylation is 1. The zero-order valence-electron chi connectivity index (χ0n) is 11.6. The minimum atomic E-state index is -0.0105. The van der Waals surface area contributed by atoms with E-state index in [0.717, 1.165) is 11.3 Å². The van der Waals surface area contributed by atoms with Crippen LogP contribution < -0.4 is 15.4 Å². The van der Waals surface area contributed by atoms with Gasteiger partial charge in [0.15, 0.2) is 0 Å². The molecule has 1 aromatic rings. The average Bonchev–Trinajstić information content (AvgIpc) is 2.75. The topological polar surface area (TPSA) is 50.4 Å². The minimum Gasteiger partial charge on any atom is -0.490 e. The Balaban J connectivity index is 0.00000180. The summed E-state index contributed by atoms with van der Waals surface area (Å²) in [5.41, 5.74) is 3.48. The predicted octanol–water partition coefficient (Wildman–Crippen LogP) is 1.88. The van der Waals surface area contributed by atoms with Crippen molar-refractivity contribution in [3.63, 3.8) is 0 Å². The lowest BCUT2D eigenvalue weighted by Gasteiger charge is -2.12. The first kappa shape index (κ1) is 15.8. The van der Waals surface area contributed by atoms with Crippen molar-refractivity contribution in [2.75, 3.05) is 20.2 Å². The molecule has 0 saturated carbocycles. The maximum atomic E-state index is 11.7. The monoisotopic (exact) mass is 284 g/mol. The highest BCUT2D eigenvalue weighted by molar-refractivity contribution is 5.85. The molecule has 1 aliphatic rings. The molecule has 0 aliphatic carbocycles. The molecule has 2 N–H and O–H groups in total. The summed E-state index contributed by atoms with van der Waals surface area (Å²) in [6.07, 6.45) is 0.493. The molecule has 0 saturated heterocycles. The van der Waals surface area contributed by atoms with Crippen LogP contribution in [0, 0.1) is 13.8 Å². The first-order valence-electron chi connectivity index (χ1n) is 6.30. The molecule has 1 heterocycles. The number of benzene rings is 1. The maximum Gasteiger partial charge on any atom is 0.221 e. The predicted molar refractivity (Wildman–Crippen MR) is 78.1 cm³/mol. The summed E-state index contributed by atoms with van der Waals surface area (Å²) in [6.45, 7) is 5.35. The summed E-state index contributed by atoms with van der Waals surface area (Å²) >= 11 is 0. The third-order valence-electron chi connectivity index (χ3n) is 3.41. The fraction of sp³-hybridized carbons (Fsp3) is 0.500. The van der Waals surface area contributed by atoms with Crippen LogP contribution in [0.3, 0.4) is 0 Å². The largest absolute Gasteiger partial charge is 0.490 e. The number of amides is 1. The van der Waals surface area contributed by atoms with Gasteiger partial charge in [0, 0.05) is 18.5 Å². The lowest BCUT2D eigenvalue weighted by atomic mass is 10.0. The molecule has 1 atom stereocenters. The van der Waals surface area contributed by atoms with Gasteiger partial charge in [-0.25, -0.2) is 0 Å². The van der Waals surface area contributed by atoms with Crippen molar-refractivity contribution < 1.29 is 9.53 Å². The Morgan fingerprint density at radius 2 is 2.16 bits per heavy atom. The van der Waals surface area contributed by atoms with Gasteiger partial charge < -0.3 is 15.4 Å². The summed E-state index contributed by atoms with van der Waals surface area (Å²) in [4.78, 5) is 11.7. The molecule has 1 aliphatic heterocycles. The standard InChI is InChI=1S/C14H20N2O2.ClH/c1-9-4-5-11-12(8-18-14(11)10(9)2)16-13(17)6-7-15-3;/h4-5,12,15H,6-8H2,1-3H3,(H,16,17);1H. The second kappa shape index (κ2) is 6.78. The number of rotatable bonds is 4. The Hall–Kier alpha value is -1.26. The second-order valence-electron chi connectivity index (χ2n) is 4.71. The van der Waals surface area contributed by atoms with Gasteiger partial charge in [0.1, 0.15) is 12.4 Å². The first-order valence-corrected chi connectivity index (χ1v) is 6.30. The zero-order valence-corrected chi connectivity index (χ0v) is 12.4. The highest BCUT2D eigenvalue weighted by Crippen LogP contribution is 2.36. The number of nitrogens with one attached hydrogen (secondary N) is 2. The number of hydrogen-bond donors (Lipinski definition) is 2. The molecule has 0 fully saturated rings. The SMILES string of the molecule is CNCCC(=O)NC1COc2c1ccc(C)c2C.Cl. The highest BCUT2D eigenvalue weighted by atomic mass is 35.5. The zero-order chi connectivity index (χ0) is 13.1. The normalized spacial score (nSPS) is 16.3. The van der Waals surface area contributed by atoms with Gasteiger partial charge in [-0.05, 0) is 32.0 Å². The number of hydrogen-bond acceptors (Lipinski definition) is 3. The van der Waals surface area contributed by atoms with Gasteiger partial charge in [-0.1, -0.05) is 12.1 Å². The fourth-order valence-corrected chi connectivity index (χ4v) is 2.16. The van der Waals surface area contributed by atoms with E-state index in [2.05, 4.69) is 30.5 Å². The van der Waals surface area contributed by atoms with Crippen LogP contribution in [0.2, 0.25) is 0 Å². The quantitative estimate of drug-likeness (QED) is 0.888. The fourth-order valence-electron chi connectivity index (χ4n) is 2.16. The molecule has 0 radical (unpaired) electrons. The van der Waals surface area contributed by atoms with Crippen LogP contribution in [0.5, 0.6) is 5.75 Å². The molecule has 1 amide bonds. The van der Waals surface area contributed by atoms with Gasteiger partial charge >= 0.3 is 0 Å². The van der Waals surface area contributed by atoms with Gasteiger partial charge in [-0.3, -0.25) is 4.79 Å². The molecule has 1 aromatic carbocycles. The highest BCUT2D eigenvalue weighted by Gasteiger charge is 2.27.